The molecule has 20 heavy (non-hydrogen) atoms. The standard InChI is InChI=1S/C16H23NO3/c1-5-20-14-9-13(16(14,3)4)17-15(19)11-6-7-12(18)10(2)8-11/h6-8,13-14,18H,5,9H2,1-4H3,(H,17,19). The molecular weight excluding hydrogens is 254 g/mol. The maximum atomic E-state index is 12.2. The van der Waals surface area contributed by atoms with Gasteiger partial charge in [-0.15, -0.1) is 0 Å². The quantitative estimate of drug-likeness (QED) is 0.889. The molecule has 0 bridgehead atoms. The van der Waals surface area contributed by atoms with Gasteiger partial charge in [-0.25, -0.2) is 0 Å². The van der Waals surface area contributed by atoms with Crippen molar-refractivity contribution in [2.24, 2.45) is 5.41 Å². The molecule has 1 saturated carbocycles. The van der Waals surface area contributed by atoms with Crippen molar-refractivity contribution < 1.29 is 14.6 Å². The van der Waals surface area contributed by atoms with Gasteiger partial charge in [0.15, 0.2) is 0 Å². The number of carbonyl (C=O) groups excluding carboxylic acids is 1. The van der Waals surface area contributed by atoms with E-state index in [1.807, 2.05) is 6.92 Å². The number of aromatic hydroxyl groups is 1. The second kappa shape index (κ2) is 5.44. The monoisotopic (exact) mass is 277 g/mol. The molecule has 2 atom stereocenters. The lowest BCUT2D eigenvalue weighted by atomic mass is 9.64. The molecular formula is C16H23NO3. The Bertz CT molecular complexity index is 510. The average molecular weight is 277 g/mol. The molecule has 1 aliphatic rings. The molecule has 1 aliphatic carbocycles. The van der Waals surface area contributed by atoms with Crippen LogP contribution in [-0.2, 0) is 4.74 Å². The Hall–Kier alpha value is -1.55. The smallest absolute Gasteiger partial charge is 0.251 e. The Kier molecular flexibility index (Phi) is 4.04. The van der Waals surface area contributed by atoms with Crippen molar-refractivity contribution in [3.63, 3.8) is 0 Å². The summed E-state index contributed by atoms with van der Waals surface area (Å²) in [5, 5.41) is 12.6. The molecule has 0 aromatic heterocycles. The minimum absolute atomic E-state index is 0.0440. The van der Waals surface area contributed by atoms with Crippen molar-refractivity contribution in [1.82, 2.24) is 5.32 Å². The summed E-state index contributed by atoms with van der Waals surface area (Å²) in [5.74, 6) is 0.114. The van der Waals surface area contributed by atoms with Crippen LogP contribution in [0.15, 0.2) is 18.2 Å². The number of amides is 1. The fraction of sp³-hybridized carbons (Fsp3) is 0.562. The van der Waals surface area contributed by atoms with E-state index in [9.17, 15) is 9.90 Å². The molecule has 0 heterocycles. The van der Waals surface area contributed by atoms with Gasteiger partial charge >= 0.3 is 0 Å². The maximum Gasteiger partial charge on any atom is 0.251 e. The highest BCUT2D eigenvalue weighted by atomic mass is 16.5. The van der Waals surface area contributed by atoms with E-state index in [1.165, 1.54) is 0 Å². The summed E-state index contributed by atoms with van der Waals surface area (Å²) in [7, 11) is 0. The lowest BCUT2D eigenvalue weighted by molar-refractivity contribution is -0.111. The van der Waals surface area contributed by atoms with Gasteiger partial charge in [0, 0.05) is 23.6 Å². The van der Waals surface area contributed by atoms with Crippen LogP contribution in [0.5, 0.6) is 5.75 Å². The van der Waals surface area contributed by atoms with E-state index in [0.29, 0.717) is 17.7 Å². The number of benzene rings is 1. The topological polar surface area (TPSA) is 58.6 Å². The second-order valence-corrected chi connectivity index (χ2v) is 6.03. The average Bonchev–Trinajstić information content (AvgIpc) is 2.40. The van der Waals surface area contributed by atoms with E-state index in [-0.39, 0.29) is 29.2 Å². The number of phenolic OH excluding ortho intramolecular Hbond substituents is 1. The maximum absolute atomic E-state index is 12.2. The van der Waals surface area contributed by atoms with Gasteiger partial charge in [0.25, 0.3) is 5.91 Å². The van der Waals surface area contributed by atoms with Crippen molar-refractivity contribution in [2.45, 2.75) is 46.3 Å². The van der Waals surface area contributed by atoms with Crippen LogP contribution in [0.4, 0.5) is 0 Å². The van der Waals surface area contributed by atoms with Gasteiger partial charge in [-0.3, -0.25) is 4.79 Å². The van der Waals surface area contributed by atoms with Crippen LogP contribution in [0.2, 0.25) is 0 Å². The Balaban J connectivity index is 2.01. The van der Waals surface area contributed by atoms with Gasteiger partial charge in [0.2, 0.25) is 0 Å². The zero-order chi connectivity index (χ0) is 14.9. The predicted octanol–water partition coefficient (Wildman–Crippen LogP) is 2.63. The van der Waals surface area contributed by atoms with Crippen LogP contribution in [0.3, 0.4) is 0 Å². The Morgan fingerprint density at radius 3 is 2.75 bits per heavy atom. The highest BCUT2D eigenvalue weighted by Gasteiger charge is 2.49. The SMILES string of the molecule is CCOC1CC(NC(=O)c2ccc(O)c(C)c2)C1(C)C. The van der Waals surface area contributed by atoms with Crippen LogP contribution in [-0.4, -0.2) is 29.8 Å². The Labute approximate surface area is 120 Å². The van der Waals surface area contributed by atoms with Crippen molar-refractivity contribution in [1.29, 1.82) is 0 Å². The van der Waals surface area contributed by atoms with Crippen LogP contribution in [0, 0.1) is 12.3 Å². The van der Waals surface area contributed by atoms with Gasteiger partial charge in [-0.1, -0.05) is 13.8 Å². The molecule has 1 aromatic rings. The molecule has 0 spiro atoms. The Morgan fingerprint density at radius 2 is 2.20 bits per heavy atom. The molecule has 0 saturated heterocycles. The number of phenols is 1. The zero-order valence-electron chi connectivity index (χ0n) is 12.6. The zero-order valence-corrected chi connectivity index (χ0v) is 12.6. The molecule has 4 heteroatoms. The lowest BCUT2D eigenvalue weighted by Gasteiger charge is -2.51. The molecule has 4 nitrogen and oxygen atoms in total. The van der Waals surface area contributed by atoms with Crippen LogP contribution >= 0.6 is 0 Å². The van der Waals surface area contributed by atoms with E-state index < -0.39 is 0 Å². The molecule has 0 radical (unpaired) electrons. The van der Waals surface area contributed by atoms with Gasteiger partial charge in [-0.2, -0.15) is 0 Å². The third kappa shape index (κ3) is 2.66. The summed E-state index contributed by atoms with van der Waals surface area (Å²) in [6.45, 7) is 8.70. The highest BCUT2D eigenvalue weighted by Crippen LogP contribution is 2.42. The first-order valence-corrected chi connectivity index (χ1v) is 7.08. The summed E-state index contributed by atoms with van der Waals surface area (Å²) in [4.78, 5) is 12.2. The number of ether oxygens (including phenoxy) is 1. The normalized spacial score (nSPS) is 24.0. The molecule has 0 aliphatic heterocycles. The van der Waals surface area contributed by atoms with Gasteiger partial charge in [-0.05, 0) is 44.0 Å². The number of nitrogens with one attached hydrogen (secondary N) is 1. The molecule has 2 rings (SSSR count). The summed E-state index contributed by atoms with van der Waals surface area (Å²) in [6.07, 6.45) is 1.06. The highest BCUT2D eigenvalue weighted by molar-refractivity contribution is 5.94. The first-order chi connectivity index (χ1) is 9.36. The minimum atomic E-state index is -0.0962. The third-order valence-electron chi connectivity index (χ3n) is 4.31. The van der Waals surface area contributed by atoms with Gasteiger partial charge < -0.3 is 15.2 Å². The van der Waals surface area contributed by atoms with Crippen LogP contribution < -0.4 is 5.32 Å². The summed E-state index contributed by atoms with van der Waals surface area (Å²) < 4.78 is 5.66. The van der Waals surface area contributed by atoms with E-state index in [2.05, 4.69) is 19.2 Å². The number of hydrogen-bond acceptors (Lipinski definition) is 3. The van der Waals surface area contributed by atoms with Gasteiger partial charge in [0.1, 0.15) is 5.75 Å². The van der Waals surface area contributed by atoms with Crippen molar-refractivity contribution in [3.05, 3.63) is 29.3 Å². The summed E-state index contributed by atoms with van der Waals surface area (Å²) >= 11 is 0. The third-order valence-corrected chi connectivity index (χ3v) is 4.31. The van der Waals surface area contributed by atoms with Crippen molar-refractivity contribution >= 4 is 5.91 Å². The molecule has 1 aromatic carbocycles. The summed E-state index contributed by atoms with van der Waals surface area (Å²) in [5.41, 5.74) is 1.24. The van der Waals surface area contributed by atoms with E-state index in [1.54, 1.807) is 25.1 Å². The summed E-state index contributed by atoms with van der Waals surface area (Å²) in [6, 6.07) is 5.03. The number of aryl methyl sites for hydroxylation is 1. The number of carbonyl (C=O) groups is 1. The second-order valence-electron chi connectivity index (χ2n) is 6.03. The predicted molar refractivity (Wildman–Crippen MR) is 77.9 cm³/mol. The van der Waals surface area contributed by atoms with Crippen molar-refractivity contribution in [3.8, 4) is 5.75 Å². The molecule has 1 fully saturated rings. The first-order valence-electron chi connectivity index (χ1n) is 7.08. The number of hydrogen-bond donors (Lipinski definition) is 2. The van der Waals surface area contributed by atoms with E-state index in [0.717, 1.165) is 6.42 Å². The molecule has 2 N–H and O–H groups in total. The minimum Gasteiger partial charge on any atom is -0.508 e. The Morgan fingerprint density at radius 1 is 1.50 bits per heavy atom. The van der Waals surface area contributed by atoms with Gasteiger partial charge in [0.05, 0.1) is 6.10 Å². The van der Waals surface area contributed by atoms with Crippen LogP contribution in [0.25, 0.3) is 0 Å². The first kappa shape index (κ1) is 14.9. The van der Waals surface area contributed by atoms with E-state index >= 15 is 0 Å². The number of rotatable bonds is 4. The lowest BCUT2D eigenvalue weighted by Crippen LogP contribution is -2.62. The molecule has 1 amide bonds. The fourth-order valence-corrected chi connectivity index (χ4v) is 2.65. The van der Waals surface area contributed by atoms with Crippen molar-refractivity contribution in [2.75, 3.05) is 6.61 Å². The van der Waals surface area contributed by atoms with E-state index in [4.69, 9.17) is 4.74 Å². The largest absolute Gasteiger partial charge is 0.508 e. The van der Waals surface area contributed by atoms with Crippen LogP contribution in [0.1, 0.15) is 43.1 Å². The fourth-order valence-electron chi connectivity index (χ4n) is 2.65. The molecule has 2 unspecified atom stereocenters. The molecule has 110 valence electrons.